The van der Waals surface area contributed by atoms with Gasteiger partial charge in [0.25, 0.3) is 0 Å². The second-order valence-corrected chi connectivity index (χ2v) is 4.55. The maximum atomic E-state index is 9.44. The second kappa shape index (κ2) is 17.5. The van der Waals surface area contributed by atoms with Crippen molar-refractivity contribution in [2.24, 2.45) is 0 Å². The predicted octanol–water partition coefficient (Wildman–Crippen LogP) is 1.81. The van der Waals surface area contributed by atoms with Crippen molar-refractivity contribution in [2.45, 2.75) is 46.6 Å². The van der Waals surface area contributed by atoms with E-state index in [1.807, 2.05) is 0 Å². The SMILES string of the molecule is C1CCOC1.C1COCCO1.CC(C)=O.CC(C)O. The molecule has 0 saturated carbocycles. The van der Waals surface area contributed by atoms with Crippen LogP contribution in [0.1, 0.15) is 40.5 Å². The van der Waals surface area contributed by atoms with Crippen molar-refractivity contribution < 1.29 is 24.1 Å². The molecule has 1 N–H and O–H groups in total. The van der Waals surface area contributed by atoms with Crippen LogP contribution in [0.15, 0.2) is 0 Å². The molecule has 0 bridgehead atoms. The largest absolute Gasteiger partial charge is 0.394 e. The maximum Gasteiger partial charge on any atom is 0.126 e. The highest BCUT2D eigenvalue weighted by Gasteiger charge is 1.95. The van der Waals surface area contributed by atoms with Gasteiger partial charge in [-0.2, -0.15) is 0 Å². The monoisotopic (exact) mass is 278 g/mol. The first-order valence-electron chi connectivity index (χ1n) is 6.85. The predicted molar refractivity (Wildman–Crippen MR) is 75.4 cm³/mol. The molecule has 0 spiro atoms. The smallest absolute Gasteiger partial charge is 0.126 e. The van der Waals surface area contributed by atoms with Gasteiger partial charge in [0.1, 0.15) is 5.78 Å². The summed E-state index contributed by atoms with van der Waals surface area (Å²) in [6.45, 7) is 11.6. The first-order chi connectivity index (χ1) is 8.96. The molecule has 2 saturated heterocycles. The molecule has 5 heteroatoms. The van der Waals surface area contributed by atoms with Crippen LogP contribution in [0.3, 0.4) is 0 Å². The molecule has 116 valence electrons. The number of ether oxygens (including phenoxy) is 3. The van der Waals surface area contributed by atoms with Crippen LogP contribution < -0.4 is 0 Å². The quantitative estimate of drug-likeness (QED) is 0.732. The number of hydrogen-bond donors (Lipinski definition) is 1. The zero-order valence-corrected chi connectivity index (χ0v) is 12.8. The van der Waals surface area contributed by atoms with Crippen molar-refractivity contribution in [2.75, 3.05) is 39.6 Å². The normalized spacial score (nSPS) is 17.2. The average Bonchev–Trinajstić information content (AvgIpc) is 2.88. The average molecular weight is 278 g/mol. The minimum atomic E-state index is -0.167. The molecule has 0 aromatic carbocycles. The molecule has 2 fully saturated rings. The zero-order valence-electron chi connectivity index (χ0n) is 12.8. The van der Waals surface area contributed by atoms with Gasteiger partial charge in [-0.05, 0) is 40.5 Å². The molecular weight excluding hydrogens is 248 g/mol. The number of ketones is 1. The van der Waals surface area contributed by atoms with E-state index >= 15 is 0 Å². The molecule has 5 nitrogen and oxygen atoms in total. The Morgan fingerprint density at radius 1 is 0.842 bits per heavy atom. The summed E-state index contributed by atoms with van der Waals surface area (Å²) in [6, 6.07) is 0. The van der Waals surface area contributed by atoms with E-state index in [1.54, 1.807) is 13.8 Å². The molecule has 0 atom stereocenters. The lowest BCUT2D eigenvalue weighted by atomic mass is 10.4. The fourth-order valence-electron chi connectivity index (χ4n) is 0.950. The Labute approximate surface area is 117 Å². The summed E-state index contributed by atoms with van der Waals surface area (Å²) < 4.78 is 14.8. The van der Waals surface area contributed by atoms with Crippen LogP contribution in [0.5, 0.6) is 0 Å². The van der Waals surface area contributed by atoms with Crippen LogP contribution in [0.4, 0.5) is 0 Å². The van der Waals surface area contributed by atoms with Gasteiger partial charge in [0.2, 0.25) is 0 Å². The third-order valence-electron chi connectivity index (χ3n) is 1.57. The minimum absolute atomic E-state index is 0.167. The minimum Gasteiger partial charge on any atom is -0.394 e. The molecule has 0 aromatic heterocycles. The molecule has 0 aromatic rings. The third kappa shape index (κ3) is 38.1. The number of carbonyl (C=O) groups is 1. The van der Waals surface area contributed by atoms with Crippen molar-refractivity contribution in [3.8, 4) is 0 Å². The van der Waals surface area contributed by atoms with Gasteiger partial charge >= 0.3 is 0 Å². The van der Waals surface area contributed by atoms with E-state index in [4.69, 9.17) is 19.3 Å². The van der Waals surface area contributed by atoms with Crippen LogP contribution in [0, 0.1) is 0 Å². The Kier molecular flexibility index (Phi) is 19.2. The highest BCUT2D eigenvalue weighted by Crippen LogP contribution is 1.98. The van der Waals surface area contributed by atoms with Gasteiger partial charge in [-0.25, -0.2) is 0 Å². The number of hydrogen-bond acceptors (Lipinski definition) is 5. The summed E-state index contributed by atoms with van der Waals surface area (Å²) in [4.78, 5) is 9.44. The first kappa shape index (κ1) is 20.8. The van der Waals surface area contributed by atoms with Gasteiger partial charge in [0.15, 0.2) is 0 Å². The molecular formula is C14H30O5. The molecule has 0 amide bonds. The van der Waals surface area contributed by atoms with E-state index < -0.39 is 0 Å². The zero-order chi connectivity index (χ0) is 14.9. The fraction of sp³-hybridized carbons (Fsp3) is 0.929. The van der Waals surface area contributed by atoms with Crippen molar-refractivity contribution >= 4 is 5.78 Å². The summed E-state index contributed by atoms with van der Waals surface area (Å²) in [5.41, 5.74) is 0. The number of aliphatic hydroxyl groups excluding tert-OH is 1. The van der Waals surface area contributed by atoms with E-state index in [9.17, 15) is 4.79 Å². The van der Waals surface area contributed by atoms with Crippen LogP contribution in [0.2, 0.25) is 0 Å². The van der Waals surface area contributed by atoms with Gasteiger partial charge < -0.3 is 24.1 Å². The van der Waals surface area contributed by atoms with E-state index in [-0.39, 0.29) is 11.9 Å². The Morgan fingerprint density at radius 2 is 1.05 bits per heavy atom. The number of Topliss-reactive ketones (excluding diaryl/α,β-unsaturated/α-hetero) is 1. The van der Waals surface area contributed by atoms with E-state index in [2.05, 4.69) is 0 Å². The van der Waals surface area contributed by atoms with Gasteiger partial charge in [0.05, 0.1) is 26.4 Å². The second-order valence-electron chi connectivity index (χ2n) is 4.55. The molecule has 2 aliphatic heterocycles. The Balaban J connectivity index is 0. The van der Waals surface area contributed by atoms with E-state index in [0.717, 1.165) is 39.6 Å². The van der Waals surface area contributed by atoms with Crippen LogP contribution >= 0.6 is 0 Å². The first-order valence-corrected chi connectivity index (χ1v) is 6.85. The van der Waals surface area contributed by atoms with Crippen LogP contribution in [-0.4, -0.2) is 56.6 Å². The molecule has 2 aliphatic rings. The molecule has 0 radical (unpaired) electrons. The van der Waals surface area contributed by atoms with Crippen LogP contribution in [0.25, 0.3) is 0 Å². The Morgan fingerprint density at radius 3 is 1.16 bits per heavy atom. The topological polar surface area (TPSA) is 65.0 Å². The van der Waals surface area contributed by atoms with E-state index in [1.165, 1.54) is 26.7 Å². The summed E-state index contributed by atoms with van der Waals surface area (Å²) in [7, 11) is 0. The Bertz CT molecular complexity index is 149. The van der Waals surface area contributed by atoms with Gasteiger partial charge in [0, 0.05) is 19.3 Å². The lowest BCUT2D eigenvalue weighted by Crippen LogP contribution is -2.16. The maximum absolute atomic E-state index is 9.44. The molecule has 0 aliphatic carbocycles. The van der Waals surface area contributed by atoms with Gasteiger partial charge in [-0.15, -0.1) is 0 Å². The Hall–Kier alpha value is -0.490. The summed E-state index contributed by atoms with van der Waals surface area (Å²) in [5.74, 6) is 0.167. The highest BCUT2D eigenvalue weighted by molar-refractivity contribution is 5.72. The lowest BCUT2D eigenvalue weighted by Gasteiger charge is -2.09. The summed E-state index contributed by atoms with van der Waals surface area (Å²) in [5, 5.41) is 8.06. The van der Waals surface area contributed by atoms with Crippen molar-refractivity contribution in [1.29, 1.82) is 0 Å². The van der Waals surface area contributed by atoms with Crippen molar-refractivity contribution in [3.05, 3.63) is 0 Å². The van der Waals surface area contributed by atoms with Crippen molar-refractivity contribution in [3.63, 3.8) is 0 Å². The lowest BCUT2D eigenvalue weighted by molar-refractivity contribution is -0.114. The number of rotatable bonds is 0. The summed E-state index contributed by atoms with van der Waals surface area (Å²) >= 11 is 0. The molecule has 0 unspecified atom stereocenters. The molecule has 19 heavy (non-hydrogen) atoms. The summed E-state index contributed by atoms with van der Waals surface area (Å²) in [6.07, 6.45) is 2.39. The fourth-order valence-corrected chi connectivity index (χ4v) is 0.950. The highest BCUT2D eigenvalue weighted by atomic mass is 16.6. The molecule has 2 rings (SSSR count). The molecule has 2 heterocycles. The number of aliphatic hydroxyl groups is 1. The van der Waals surface area contributed by atoms with Crippen LogP contribution in [-0.2, 0) is 19.0 Å². The number of carbonyl (C=O) groups excluding carboxylic acids is 1. The van der Waals surface area contributed by atoms with E-state index in [0.29, 0.717) is 0 Å². The third-order valence-corrected chi connectivity index (χ3v) is 1.57. The van der Waals surface area contributed by atoms with Crippen molar-refractivity contribution in [1.82, 2.24) is 0 Å². The van der Waals surface area contributed by atoms with Gasteiger partial charge in [-0.3, -0.25) is 0 Å². The van der Waals surface area contributed by atoms with Gasteiger partial charge in [-0.1, -0.05) is 0 Å². The standard InChI is InChI=1S/C4H8O2.C4H8O.C3H8O.C3H6O/c1-2-6-4-3-5-1;1-2-4-5-3-1;2*1-3(2)4/h1-4H2;1-4H2;3-4H,1-2H3;1-2H3.